The number of nitrogens with zero attached hydrogens (tertiary/aromatic N) is 4. The number of pyridine rings is 1. The van der Waals surface area contributed by atoms with Gasteiger partial charge in [-0.3, -0.25) is 0 Å². The maximum Gasteiger partial charge on any atom is 0.218 e. The van der Waals surface area contributed by atoms with Gasteiger partial charge in [-0.1, -0.05) is 17.7 Å². The molecule has 7 heteroatoms. The third kappa shape index (κ3) is 3.31. The molecule has 3 aromatic rings. The Kier molecular flexibility index (Phi) is 4.64. The molecule has 0 fully saturated rings. The van der Waals surface area contributed by atoms with Gasteiger partial charge in [-0.05, 0) is 18.2 Å². The Morgan fingerprint density at radius 2 is 2.08 bits per heavy atom. The van der Waals surface area contributed by atoms with E-state index in [0.29, 0.717) is 28.0 Å². The van der Waals surface area contributed by atoms with Crippen molar-refractivity contribution in [3.63, 3.8) is 0 Å². The van der Waals surface area contributed by atoms with Crippen LogP contribution < -0.4 is 9.47 Å². The van der Waals surface area contributed by atoms with Crippen LogP contribution in [-0.4, -0.2) is 21.9 Å². The number of aromatic nitrogens is 3. The highest BCUT2D eigenvalue weighted by molar-refractivity contribution is 6.30. The van der Waals surface area contributed by atoms with Crippen LogP contribution in [-0.2, 0) is 6.61 Å². The highest BCUT2D eigenvalue weighted by Gasteiger charge is 2.10. The molecule has 0 atom stereocenters. The highest BCUT2D eigenvalue weighted by Crippen LogP contribution is 2.25. The van der Waals surface area contributed by atoms with E-state index in [9.17, 15) is 0 Å². The van der Waals surface area contributed by atoms with Crippen LogP contribution in [0.15, 0.2) is 48.8 Å². The van der Waals surface area contributed by atoms with Crippen LogP contribution in [0.4, 0.5) is 0 Å². The van der Waals surface area contributed by atoms with Crippen LogP contribution in [0.3, 0.4) is 0 Å². The second-order valence-electron chi connectivity index (χ2n) is 4.84. The maximum atomic E-state index is 9.00. The van der Waals surface area contributed by atoms with Crippen molar-refractivity contribution in [3.8, 4) is 23.5 Å². The van der Waals surface area contributed by atoms with Crippen LogP contribution >= 0.6 is 11.6 Å². The number of ether oxygens (including phenoxy) is 2. The Balaban J connectivity index is 1.83. The minimum atomic E-state index is 0.282. The van der Waals surface area contributed by atoms with Gasteiger partial charge in [0.2, 0.25) is 5.88 Å². The minimum absolute atomic E-state index is 0.282. The molecule has 2 aromatic heterocycles. The number of methoxy groups -OCH3 is 1. The van der Waals surface area contributed by atoms with E-state index in [2.05, 4.69) is 16.2 Å². The third-order valence-corrected chi connectivity index (χ3v) is 3.56. The lowest BCUT2D eigenvalue weighted by atomic mass is 10.2. The smallest absolute Gasteiger partial charge is 0.218 e. The summed E-state index contributed by atoms with van der Waals surface area (Å²) in [5, 5.41) is 13.8. The van der Waals surface area contributed by atoms with Gasteiger partial charge in [-0.15, -0.1) is 0 Å². The molecule has 0 unspecified atom stereocenters. The predicted molar refractivity (Wildman–Crippen MR) is 88.4 cm³/mol. The lowest BCUT2D eigenvalue weighted by Gasteiger charge is -2.11. The first kappa shape index (κ1) is 15.8. The van der Waals surface area contributed by atoms with Gasteiger partial charge in [-0.2, -0.15) is 15.0 Å². The van der Waals surface area contributed by atoms with Gasteiger partial charge >= 0.3 is 0 Å². The summed E-state index contributed by atoms with van der Waals surface area (Å²) < 4.78 is 12.7. The van der Waals surface area contributed by atoms with Gasteiger partial charge < -0.3 is 9.47 Å². The summed E-state index contributed by atoms with van der Waals surface area (Å²) in [6.07, 6.45) is 3.16. The molecule has 24 heavy (non-hydrogen) atoms. The van der Waals surface area contributed by atoms with E-state index in [1.807, 2.05) is 6.07 Å². The van der Waals surface area contributed by atoms with E-state index in [-0.39, 0.29) is 6.61 Å². The van der Waals surface area contributed by atoms with Crippen molar-refractivity contribution in [2.45, 2.75) is 6.61 Å². The van der Waals surface area contributed by atoms with Gasteiger partial charge in [0.05, 0.1) is 24.9 Å². The van der Waals surface area contributed by atoms with Crippen LogP contribution in [0.1, 0.15) is 11.1 Å². The average Bonchev–Trinajstić information content (AvgIpc) is 3.09. The molecule has 6 nitrogen and oxygen atoms in total. The molecule has 1 aromatic carbocycles. The van der Waals surface area contributed by atoms with Gasteiger partial charge in [0.15, 0.2) is 5.82 Å². The molecule has 0 aliphatic rings. The molecule has 3 rings (SSSR count). The third-order valence-electron chi connectivity index (χ3n) is 3.32. The Morgan fingerprint density at radius 1 is 1.21 bits per heavy atom. The zero-order valence-corrected chi connectivity index (χ0v) is 13.6. The fraction of sp³-hybridized carbons (Fsp3) is 0.118. The number of benzene rings is 1. The first-order valence-electron chi connectivity index (χ1n) is 7.07. The molecule has 0 saturated carbocycles. The van der Waals surface area contributed by atoms with Crippen LogP contribution in [0.2, 0.25) is 5.02 Å². The number of rotatable bonds is 5. The highest BCUT2D eigenvalue weighted by atomic mass is 35.5. The fourth-order valence-corrected chi connectivity index (χ4v) is 2.33. The fourth-order valence-electron chi connectivity index (χ4n) is 2.17. The Morgan fingerprint density at radius 3 is 2.88 bits per heavy atom. The van der Waals surface area contributed by atoms with Crippen molar-refractivity contribution in [2.75, 3.05) is 7.11 Å². The van der Waals surface area contributed by atoms with Gasteiger partial charge in [0.1, 0.15) is 12.4 Å². The standard InChI is InChI=1S/C17H13ClN4O2/c1-23-15-9-14(18)3-2-13(15)11-24-17-5-7-21-22(17)16-8-12(10-19)4-6-20-16/h2-9H,11H2,1H3. The van der Waals surface area contributed by atoms with Crippen molar-refractivity contribution in [2.24, 2.45) is 0 Å². The summed E-state index contributed by atoms with van der Waals surface area (Å²) in [4.78, 5) is 4.22. The average molecular weight is 341 g/mol. The second kappa shape index (κ2) is 7.02. The van der Waals surface area contributed by atoms with E-state index in [4.69, 9.17) is 26.3 Å². The molecule has 0 amide bonds. The van der Waals surface area contributed by atoms with Gasteiger partial charge in [0.25, 0.3) is 0 Å². The lowest BCUT2D eigenvalue weighted by Crippen LogP contribution is -2.05. The van der Waals surface area contributed by atoms with Gasteiger partial charge in [-0.25, -0.2) is 4.98 Å². The normalized spacial score (nSPS) is 10.2. The number of hydrogen-bond donors (Lipinski definition) is 0. The molecule has 0 aliphatic carbocycles. The van der Waals surface area contributed by atoms with Crippen molar-refractivity contribution in [1.29, 1.82) is 5.26 Å². The Hall–Kier alpha value is -3.04. The van der Waals surface area contributed by atoms with Crippen molar-refractivity contribution < 1.29 is 9.47 Å². The Bertz CT molecular complexity index is 902. The van der Waals surface area contributed by atoms with E-state index in [0.717, 1.165) is 5.56 Å². The summed E-state index contributed by atoms with van der Waals surface area (Å²) in [6.45, 7) is 0.282. The summed E-state index contributed by atoms with van der Waals surface area (Å²) in [7, 11) is 1.58. The molecular formula is C17H13ClN4O2. The second-order valence-corrected chi connectivity index (χ2v) is 5.28. The molecule has 0 spiro atoms. The minimum Gasteiger partial charge on any atom is -0.496 e. The summed E-state index contributed by atoms with van der Waals surface area (Å²) in [6, 6.07) is 12.4. The quantitative estimate of drug-likeness (QED) is 0.712. The molecule has 2 heterocycles. The zero-order chi connectivity index (χ0) is 16.9. The number of hydrogen-bond acceptors (Lipinski definition) is 5. The molecular weight excluding hydrogens is 328 g/mol. The predicted octanol–water partition coefficient (Wildman–Crippen LogP) is 3.38. The van der Waals surface area contributed by atoms with Crippen molar-refractivity contribution in [1.82, 2.24) is 14.8 Å². The molecule has 0 N–H and O–H groups in total. The molecule has 120 valence electrons. The summed E-state index contributed by atoms with van der Waals surface area (Å²) >= 11 is 5.96. The van der Waals surface area contributed by atoms with Crippen LogP contribution in [0.5, 0.6) is 11.6 Å². The van der Waals surface area contributed by atoms with Crippen molar-refractivity contribution >= 4 is 11.6 Å². The molecule has 0 bridgehead atoms. The first-order valence-corrected chi connectivity index (χ1v) is 7.45. The topological polar surface area (TPSA) is 73.0 Å². The van der Waals surface area contributed by atoms with Crippen LogP contribution in [0, 0.1) is 11.3 Å². The Labute approximate surface area is 143 Å². The van der Waals surface area contributed by atoms with E-state index >= 15 is 0 Å². The first-order chi connectivity index (χ1) is 11.7. The maximum absolute atomic E-state index is 9.00. The monoisotopic (exact) mass is 340 g/mol. The zero-order valence-electron chi connectivity index (χ0n) is 12.8. The summed E-state index contributed by atoms with van der Waals surface area (Å²) in [5.74, 6) is 1.67. The SMILES string of the molecule is COc1cc(Cl)ccc1COc1ccnn1-c1cc(C#N)ccn1. The van der Waals surface area contributed by atoms with Crippen LogP contribution in [0.25, 0.3) is 5.82 Å². The van der Waals surface area contributed by atoms with Crippen molar-refractivity contribution in [3.05, 3.63) is 64.9 Å². The van der Waals surface area contributed by atoms with E-state index in [1.165, 1.54) is 4.68 Å². The number of nitriles is 1. The van der Waals surface area contributed by atoms with E-state index < -0.39 is 0 Å². The number of halogens is 1. The lowest BCUT2D eigenvalue weighted by molar-refractivity contribution is 0.277. The van der Waals surface area contributed by atoms with Gasteiger partial charge in [0, 0.05) is 28.9 Å². The summed E-state index contributed by atoms with van der Waals surface area (Å²) in [5.41, 5.74) is 1.36. The largest absolute Gasteiger partial charge is 0.496 e. The van der Waals surface area contributed by atoms with E-state index in [1.54, 1.807) is 49.8 Å². The molecule has 0 aliphatic heterocycles. The molecule has 0 radical (unpaired) electrons. The molecule has 0 saturated heterocycles.